The van der Waals surface area contributed by atoms with Crippen molar-refractivity contribution in [1.29, 1.82) is 0 Å². The maximum absolute atomic E-state index is 12.0. The first-order valence-corrected chi connectivity index (χ1v) is 7.79. The van der Waals surface area contributed by atoms with Gasteiger partial charge in [-0.25, -0.2) is 8.42 Å². The lowest BCUT2D eigenvalue weighted by Crippen LogP contribution is -2.37. The normalized spacial score (nSPS) is 12.3. The fourth-order valence-corrected chi connectivity index (χ4v) is 2.00. The van der Waals surface area contributed by atoms with Crippen LogP contribution < -0.4 is 11.1 Å². The molecule has 1 aromatic rings. The lowest BCUT2D eigenvalue weighted by molar-refractivity contribution is -0.123. The summed E-state index contributed by atoms with van der Waals surface area (Å²) in [5.74, 6) is -0.233. The van der Waals surface area contributed by atoms with Gasteiger partial charge in [-0.15, -0.1) is 0 Å². The SMILES string of the molecule is Cc1ccc(S(C)(=O)=O)cc1NC(=O)C(C)(C)CN. The minimum absolute atomic E-state index is 0.180. The third-order valence-electron chi connectivity index (χ3n) is 3.01. The van der Waals surface area contributed by atoms with Crippen LogP contribution in [0.5, 0.6) is 0 Å². The molecule has 0 aromatic heterocycles. The molecule has 0 radical (unpaired) electrons. The highest BCUT2D eigenvalue weighted by Crippen LogP contribution is 2.23. The Balaban J connectivity index is 3.12. The summed E-state index contributed by atoms with van der Waals surface area (Å²) in [6, 6.07) is 4.66. The molecule has 19 heavy (non-hydrogen) atoms. The number of nitrogens with one attached hydrogen (secondary N) is 1. The summed E-state index contributed by atoms with van der Waals surface area (Å²) < 4.78 is 23.0. The monoisotopic (exact) mass is 284 g/mol. The molecule has 0 aliphatic heterocycles. The van der Waals surface area contributed by atoms with Crippen LogP contribution in [0.1, 0.15) is 19.4 Å². The molecule has 0 unspecified atom stereocenters. The molecule has 0 atom stereocenters. The van der Waals surface area contributed by atoms with Crippen LogP contribution in [0.2, 0.25) is 0 Å². The number of aryl methyl sites for hydroxylation is 1. The van der Waals surface area contributed by atoms with E-state index in [1.807, 2.05) is 0 Å². The molecule has 0 fully saturated rings. The van der Waals surface area contributed by atoms with Gasteiger partial charge in [-0.1, -0.05) is 6.07 Å². The molecule has 106 valence electrons. The van der Waals surface area contributed by atoms with Crippen molar-refractivity contribution in [2.45, 2.75) is 25.7 Å². The zero-order valence-electron chi connectivity index (χ0n) is 11.6. The van der Waals surface area contributed by atoms with Gasteiger partial charge >= 0.3 is 0 Å². The van der Waals surface area contributed by atoms with Crippen LogP contribution in [0.4, 0.5) is 5.69 Å². The number of anilines is 1. The van der Waals surface area contributed by atoms with E-state index >= 15 is 0 Å². The molecule has 6 heteroatoms. The molecule has 0 saturated carbocycles. The number of benzene rings is 1. The van der Waals surface area contributed by atoms with Gasteiger partial charge in [0.25, 0.3) is 0 Å². The molecule has 0 saturated heterocycles. The van der Waals surface area contributed by atoms with Crippen molar-refractivity contribution >= 4 is 21.4 Å². The predicted octanol–water partition coefficient (Wildman–Crippen LogP) is 1.32. The number of sulfone groups is 1. The fourth-order valence-electron chi connectivity index (χ4n) is 1.35. The minimum Gasteiger partial charge on any atom is -0.329 e. The first-order chi connectivity index (χ1) is 8.58. The molecule has 1 rings (SSSR count). The number of rotatable bonds is 4. The van der Waals surface area contributed by atoms with Crippen LogP contribution in [0.3, 0.4) is 0 Å². The molecule has 0 spiro atoms. The van der Waals surface area contributed by atoms with Crippen molar-refractivity contribution in [3.8, 4) is 0 Å². The van der Waals surface area contributed by atoms with Gasteiger partial charge in [0.15, 0.2) is 9.84 Å². The summed E-state index contributed by atoms with van der Waals surface area (Å²) in [6.45, 7) is 5.48. The smallest absolute Gasteiger partial charge is 0.231 e. The van der Waals surface area contributed by atoms with Gasteiger partial charge in [0.05, 0.1) is 10.3 Å². The molecule has 1 amide bonds. The van der Waals surface area contributed by atoms with E-state index in [0.29, 0.717) is 5.69 Å². The molecule has 5 nitrogen and oxygen atoms in total. The van der Waals surface area contributed by atoms with E-state index in [0.717, 1.165) is 11.8 Å². The van der Waals surface area contributed by atoms with Crippen molar-refractivity contribution in [3.05, 3.63) is 23.8 Å². The largest absolute Gasteiger partial charge is 0.329 e. The number of hydrogen-bond acceptors (Lipinski definition) is 4. The van der Waals surface area contributed by atoms with Crippen LogP contribution in [0, 0.1) is 12.3 Å². The van der Waals surface area contributed by atoms with Crippen LogP contribution in [0.15, 0.2) is 23.1 Å². The maximum atomic E-state index is 12.0. The van der Waals surface area contributed by atoms with Crippen LogP contribution in [-0.2, 0) is 14.6 Å². The van der Waals surface area contributed by atoms with Crippen LogP contribution in [0.25, 0.3) is 0 Å². The molecule has 0 aliphatic carbocycles. The Morgan fingerprint density at radius 1 is 1.37 bits per heavy atom. The van der Waals surface area contributed by atoms with Crippen molar-refractivity contribution in [2.75, 3.05) is 18.1 Å². The van der Waals surface area contributed by atoms with Gasteiger partial charge < -0.3 is 11.1 Å². The molecule has 3 N–H and O–H groups in total. The summed E-state index contributed by atoms with van der Waals surface area (Å²) in [5, 5.41) is 2.73. The molecular weight excluding hydrogens is 264 g/mol. The first kappa shape index (κ1) is 15.7. The second kappa shape index (κ2) is 5.30. The summed E-state index contributed by atoms with van der Waals surface area (Å²) >= 11 is 0. The standard InChI is InChI=1S/C13H20N2O3S/c1-9-5-6-10(19(4,17)18)7-11(9)15-12(16)13(2,3)8-14/h5-7H,8,14H2,1-4H3,(H,15,16). The van der Waals surface area contributed by atoms with E-state index in [9.17, 15) is 13.2 Å². The quantitative estimate of drug-likeness (QED) is 0.872. The lowest BCUT2D eigenvalue weighted by Gasteiger charge is -2.22. The Hall–Kier alpha value is -1.40. The molecule has 0 bridgehead atoms. The summed E-state index contributed by atoms with van der Waals surface area (Å²) in [4.78, 5) is 12.2. The van der Waals surface area contributed by atoms with E-state index < -0.39 is 15.3 Å². The highest BCUT2D eigenvalue weighted by Gasteiger charge is 2.26. The third-order valence-corrected chi connectivity index (χ3v) is 4.12. The van der Waals surface area contributed by atoms with Gasteiger partial charge in [-0.05, 0) is 38.5 Å². The Morgan fingerprint density at radius 2 is 1.95 bits per heavy atom. The van der Waals surface area contributed by atoms with Crippen LogP contribution in [-0.4, -0.2) is 27.1 Å². The van der Waals surface area contributed by atoms with Gasteiger partial charge in [0, 0.05) is 18.5 Å². The highest BCUT2D eigenvalue weighted by atomic mass is 32.2. The minimum atomic E-state index is -3.29. The average molecular weight is 284 g/mol. The van der Waals surface area contributed by atoms with Gasteiger partial charge in [0.1, 0.15) is 0 Å². The fraction of sp³-hybridized carbons (Fsp3) is 0.462. The van der Waals surface area contributed by atoms with Crippen molar-refractivity contribution in [1.82, 2.24) is 0 Å². The lowest BCUT2D eigenvalue weighted by atomic mass is 9.92. The summed E-state index contributed by atoms with van der Waals surface area (Å²) in [7, 11) is -3.29. The van der Waals surface area contributed by atoms with Crippen molar-refractivity contribution in [3.63, 3.8) is 0 Å². The van der Waals surface area contributed by atoms with E-state index in [1.165, 1.54) is 12.1 Å². The predicted molar refractivity (Wildman–Crippen MR) is 75.8 cm³/mol. The highest BCUT2D eigenvalue weighted by molar-refractivity contribution is 7.90. The Bertz CT molecular complexity index is 592. The number of amides is 1. The molecule has 0 heterocycles. The molecule has 1 aromatic carbocycles. The van der Waals surface area contributed by atoms with Gasteiger partial charge in [-0.2, -0.15) is 0 Å². The zero-order chi connectivity index (χ0) is 14.8. The zero-order valence-corrected chi connectivity index (χ0v) is 12.5. The summed E-state index contributed by atoms with van der Waals surface area (Å²) in [5.41, 5.74) is 6.13. The number of nitrogens with two attached hydrogens (primary N) is 1. The third kappa shape index (κ3) is 3.78. The second-order valence-corrected chi connectivity index (χ2v) is 7.31. The van der Waals surface area contributed by atoms with E-state index in [4.69, 9.17) is 5.73 Å². The second-order valence-electron chi connectivity index (χ2n) is 5.29. The number of hydrogen-bond donors (Lipinski definition) is 2. The number of carbonyl (C=O) groups excluding carboxylic acids is 1. The van der Waals surface area contributed by atoms with E-state index in [1.54, 1.807) is 26.8 Å². The van der Waals surface area contributed by atoms with Crippen molar-refractivity contribution < 1.29 is 13.2 Å². The van der Waals surface area contributed by atoms with E-state index in [2.05, 4.69) is 5.32 Å². The average Bonchev–Trinajstić information content (AvgIpc) is 2.30. The Morgan fingerprint density at radius 3 is 2.42 bits per heavy atom. The number of carbonyl (C=O) groups is 1. The van der Waals surface area contributed by atoms with Crippen molar-refractivity contribution in [2.24, 2.45) is 11.1 Å². The van der Waals surface area contributed by atoms with E-state index in [-0.39, 0.29) is 17.3 Å². The molecule has 0 aliphatic rings. The maximum Gasteiger partial charge on any atom is 0.231 e. The summed E-state index contributed by atoms with van der Waals surface area (Å²) in [6.07, 6.45) is 1.13. The van der Waals surface area contributed by atoms with Gasteiger partial charge in [0.2, 0.25) is 5.91 Å². The van der Waals surface area contributed by atoms with Gasteiger partial charge in [-0.3, -0.25) is 4.79 Å². The molecular formula is C13H20N2O3S. The Kier molecular flexibility index (Phi) is 4.37. The topological polar surface area (TPSA) is 89.3 Å². The first-order valence-electron chi connectivity index (χ1n) is 5.90. The van der Waals surface area contributed by atoms with Crippen LogP contribution >= 0.6 is 0 Å². The Labute approximate surface area is 114 Å².